The van der Waals surface area contributed by atoms with Gasteiger partial charge in [-0.15, -0.1) is 0 Å². The second kappa shape index (κ2) is 9.80. The molecule has 0 amide bonds. The average Bonchev–Trinajstić information content (AvgIpc) is 2.62. The first-order chi connectivity index (χ1) is 12.8. The van der Waals surface area contributed by atoms with Gasteiger partial charge in [-0.2, -0.15) is 11.8 Å². The first-order valence-corrected chi connectivity index (χ1v) is 10.1. The standard InChI is InChI=1S/C18H23NO6S2/c1-10-14(24-2)7-13(20)11-8-27-9-12(17(21)22)19-15(26)5-3-4-6-25-18(23)16(10)11/h7,12,20H,3-6,8-9H2,1-2H3,(H,19,26)(H,21,22)/t12-/m0/s1. The van der Waals surface area contributed by atoms with Crippen molar-refractivity contribution in [1.82, 2.24) is 5.32 Å². The van der Waals surface area contributed by atoms with Crippen LogP contribution in [0.25, 0.3) is 0 Å². The van der Waals surface area contributed by atoms with E-state index in [9.17, 15) is 19.8 Å². The van der Waals surface area contributed by atoms with Crippen LogP contribution in [0.1, 0.15) is 40.7 Å². The summed E-state index contributed by atoms with van der Waals surface area (Å²) in [6.45, 7) is 1.94. The Morgan fingerprint density at radius 1 is 1.44 bits per heavy atom. The quantitative estimate of drug-likeness (QED) is 0.498. The summed E-state index contributed by atoms with van der Waals surface area (Å²) in [7, 11) is 1.46. The van der Waals surface area contributed by atoms with Crippen molar-refractivity contribution < 1.29 is 29.3 Å². The van der Waals surface area contributed by atoms with E-state index in [0.29, 0.717) is 41.1 Å². The molecule has 27 heavy (non-hydrogen) atoms. The highest BCUT2D eigenvalue weighted by Crippen LogP contribution is 2.35. The van der Waals surface area contributed by atoms with Crippen molar-refractivity contribution in [1.29, 1.82) is 0 Å². The van der Waals surface area contributed by atoms with Gasteiger partial charge in [0.2, 0.25) is 0 Å². The third-order valence-electron chi connectivity index (χ3n) is 4.24. The number of benzene rings is 1. The summed E-state index contributed by atoms with van der Waals surface area (Å²) in [6, 6.07) is 0.620. The summed E-state index contributed by atoms with van der Waals surface area (Å²) in [5.41, 5.74) is 1.26. The van der Waals surface area contributed by atoms with Gasteiger partial charge in [0.25, 0.3) is 0 Å². The summed E-state index contributed by atoms with van der Waals surface area (Å²) in [5, 5.41) is 22.6. The summed E-state index contributed by atoms with van der Waals surface area (Å²) >= 11 is 6.49. The fraction of sp³-hybridized carbons (Fsp3) is 0.500. The van der Waals surface area contributed by atoms with Gasteiger partial charge in [0.1, 0.15) is 17.5 Å². The van der Waals surface area contributed by atoms with E-state index in [-0.39, 0.29) is 29.4 Å². The topological polar surface area (TPSA) is 105 Å². The number of thioether (sulfide) groups is 1. The molecule has 0 fully saturated rings. The Kier molecular flexibility index (Phi) is 7.73. The van der Waals surface area contributed by atoms with Crippen LogP contribution in [0, 0.1) is 6.92 Å². The SMILES string of the molecule is COc1cc(O)c2c(c1C)C(=O)OCCCCC(=S)N[C@H](C(=O)O)CSC2. The maximum atomic E-state index is 12.6. The predicted molar refractivity (Wildman–Crippen MR) is 107 cm³/mol. The van der Waals surface area contributed by atoms with Crippen LogP contribution in [-0.2, 0) is 15.3 Å². The van der Waals surface area contributed by atoms with Crippen molar-refractivity contribution in [3.63, 3.8) is 0 Å². The molecular formula is C18H23NO6S2. The molecule has 1 atom stereocenters. The minimum absolute atomic E-state index is 0.0839. The molecule has 0 unspecified atom stereocenters. The molecule has 2 rings (SSSR count). The Morgan fingerprint density at radius 2 is 2.19 bits per heavy atom. The molecule has 7 nitrogen and oxygen atoms in total. The van der Waals surface area contributed by atoms with Gasteiger partial charge in [-0.1, -0.05) is 12.2 Å². The van der Waals surface area contributed by atoms with Gasteiger partial charge in [0, 0.05) is 28.7 Å². The van der Waals surface area contributed by atoms with Gasteiger partial charge < -0.3 is 25.0 Å². The second-order valence-corrected chi connectivity index (χ2v) is 7.67. The van der Waals surface area contributed by atoms with E-state index < -0.39 is 18.0 Å². The summed E-state index contributed by atoms with van der Waals surface area (Å²) in [5.74, 6) is -0.728. The van der Waals surface area contributed by atoms with Crippen LogP contribution >= 0.6 is 24.0 Å². The number of cyclic esters (lactones) is 1. The van der Waals surface area contributed by atoms with Crippen molar-refractivity contribution in [2.75, 3.05) is 19.5 Å². The highest BCUT2D eigenvalue weighted by molar-refractivity contribution is 7.98. The monoisotopic (exact) mass is 413 g/mol. The molecule has 0 spiro atoms. The number of aromatic hydroxyl groups is 1. The highest BCUT2D eigenvalue weighted by atomic mass is 32.2. The van der Waals surface area contributed by atoms with Gasteiger partial charge in [0.05, 0.1) is 24.3 Å². The number of carboxylic acid groups (broad SMARTS) is 1. The minimum atomic E-state index is -0.994. The molecule has 1 aromatic carbocycles. The van der Waals surface area contributed by atoms with Crippen LogP contribution in [0.2, 0.25) is 0 Å². The summed E-state index contributed by atoms with van der Waals surface area (Å²) in [6.07, 6.45) is 1.81. The van der Waals surface area contributed by atoms with E-state index in [1.54, 1.807) is 6.92 Å². The third-order valence-corrected chi connectivity index (χ3v) is 5.63. The molecule has 1 aliphatic rings. The number of phenols is 1. The molecule has 3 N–H and O–H groups in total. The normalized spacial score (nSPS) is 19.3. The second-order valence-electron chi connectivity index (χ2n) is 6.14. The van der Waals surface area contributed by atoms with E-state index in [2.05, 4.69) is 5.32 Å². The van der Waals surface area contributed by atoms with Crippen LogP contribution in [0.5, 0.6) is 11.5 Å². The van der Waals surface area contributed by atoms with Crippen LogP contribution in [0.4, 0.5) is 0 Å². The lowest BCUT2D eigenvalue weighted by Gasteiger charge is -2.19. The first-order valence-electron chi connectivity index (χ1n) is 8.51. The van der Waals surface area contributed by atoms with Crippen molar-refractivity contribution in [3.05, 3.63) is 22.8 Å². The van der Waals surface area contributed by atoms with Gasteiger partial charge >= 0.3 is 11.9 Å². The summed E-state index contributed by atoms with van der Waals surface area (Å²) in [4.78, 5) is 24.6. The molecule has 0 aliphatic carbocycles. The molecule has 0 saturated heterocycles. The Morgan fingerprint density at radius 3 is 2.85 bits per heavy atom. The largest absolute Gasteiger partial charge is 0.507 e. The number of nitrogens with one attached hydrogen (secondary N) is 1. The summed E-state index contributed by atoms with van der Waals surface area (Å²) < 4.78 is 10.6. The van der Waals surface area contributed by atoms with Crippen LogP contribution in [0.3, 0.4) is 0 Å². The van der Waals surface area contributed by atoms with Crippen molar-refractivity contribution in [2.24, 2.45) is 0 Å². The number of rotatable bonds is 2. The number of aliphatic carboxylic acids is 1. The van der Waals surface area contributed by atoms with Crippen molar-refractivity contribution in [3.8, 4) is 11.5 Å². The lowest BCUT2D eigenvalue weighted by molar-refractivity contribution is -0.138. The number of ether oxygens (including phenoxy) is 2. The Hall–Kier alpha value is -2.00. The zero-order valence-electron chi connectivity index (χ0n) is 15.2. The van der Waals surface area contributed by atoms with Crippen LogP contribution in [-0.4, -0.2) is 52.7 Å². The van der Waals surface area contributed by atoms with E-state index in [1.165, 1.54) is 24.9 Å². The highest BCUT2D eigenvalue weighted by Gasteiger charge is 2.24. The van der Waals surface area contributed by atoms with E-state index >= 15 is 0 Å². The zero-order chi connectivity index (χ0) is 20.0. The molecule has 9 heteroatoms. The Bertz CT molecular complexity index is 737. The van der Waals surface area contributed by atoms with E-state index in [4.69, 9.17) is 21.7 Å². The lowest BCUT2D eigenvalue weighted by Crippen LogP contribution is -2.41. The number of thiocarbonyl (C=S) groups is 1. The maximum Gasteiger partial charge on any atom is 0.338 e. The smallest absolute Gasteiger partial charge is 0.338 e. The minimum Gasteiger partial charge on any atom is -0.507 e. The number of carboxylic acids is 1. The third kappa shape index (κ3) is 5.49. The number of esters is 1. The number of hydrogen-bond donors (Lipinski definition) is 3. The number of carbonyl (C=O) groups excluding carboxylic acids is 1. The number of carbonyl (C=O) groups is 2. The number of hydrogen-bond acceptors (Lipinski definition) is 7. The Labute approximate surface area is 167 Å². The number of fused-ring (bicyclic) bond motifs is 1. The molecular weight excluding hydrogens is 390 g/mol. The van der Waals surface area contributed by atoms with Gasteiger partial charge in [0.15, 0.2) is 0 Å². The average molecular weight is 414 g/mol. The van der Waals surface area contributed by atoms with Crippen molar-refractivity contribution in [2.45, 2.75) is 38.0 Å². The molecule has 1 aromatic rings. The molecule has 0 aromatic heterocycles. The van der Waals surface area contributed by atoms with Crippen LogP contribution in [0.15, 0.2) is 6.07 Å². The van der Waals surface area contributed by atoms with E-state index in [1.807, 2.05) is 0 Å². The van der Waals surface area contributed by atoms with Gasteiger partial charge in [-0.3, -0.25) is 0 Å². The van der Waals surface area contributed by atoms with Gasteiger partial charge in [-0.25, -0.2) is 9.59 Å². The first kappa shape index (κ1) is 21.3. The molecule has 0 radical (unpaired) electrons. The lowest BCUT2D eigenvalue weighted by atomic mass is 10.0. The fourth-order valence-electron chi connectivity index (χ4n) is 2.78. The zero-order valence-corrected chi connectivity index (χ0v) is 16.9. The molecule has 148 valence electrons. The molecule has 0 saturated carbocycles. The fourth-order valence-corrected chi connectivity index (χ4v) is 4.14. The molecule has 1 heterocycles. The number of phenolic OH excluding ortho intramolecular Hbond substituents is 1. The Balaban J connectivity index is 2.36. The van der Waals surface area contributed by atoms with Gasteiger partial charge in [-0.05, 0) is 26.2 Å². The maximum absolute atomic E-state index is 12.6. The molecule has 1 aliphatic heterocycles. The van der Waals surface area contributed by atoms with E-state index in [0.717, 1.165) is 0 Å². The number of methoxy groups -OCH3 is 1. The predicted octanol–water partition coefficient (Wildman–Crippen LogP) is 2.65. The van der Waals surface area contributed by atoms with Crippen LogP contribution < -0.4 is 10.1 Å². The van der Waals surface area contributed by atoms with Crippen molar-refractivity contribution >= 4 is 40.9 Å². The molecule has 0 bridgehead atoms.